The molecule has 2 heteroatoms. The summed E-state index contributed by atoms with van der Waals surface area (Å²) >= 11 is 0. The van der Waals surface area contributed by atoms with Gasteiger partial charge < -0.3 is 5.32 Å². The molecular weight excluding hydrogens is 232 g/mol. The summed E-state index contributed by atoms with van der Waals surface area (Å²) in [6, 6.07) is 13.0. The molecule has 0 aromatic heterocycles. The van der Waals surface area contributed by atoms with Crippen LogP contribution in [0, 0.1) is 5.92 Å². The average Bonchev–Trinajstić information content (AvgIpc) is 3.16. The van der Waals surface area contributed by atoms with Crippen molar-refractivity contribution in [2.75, 3.05) is 13.1 Å². The van der Waals surface area contributed by atoms with E-state index in [2.05, 4.69) is 54.4 Å². The first kappa shape index (κ1) is 13.1. The minimum atomic E-state index is 0.491. The van der Waals surface area contributed by atoms with Crippen LogP contribution in [0.15, 0.2) is 30.3 Å². The smallest absolute Gasteiger partial charge is 0.0346 e. The van der Waals surface area contributed by atoms with Gasteiger partial charge in [0, 0.05) is 31.2 Å². The summed E-state index contributed by atoms with van der Waals surface area (Å²) in [4.78, 5) is 2.68. The van der Waals surface area contributed by atoms with Crippen molar-refractivity contribution in [3.8, 4) is 0 Å². The second-order valence-corrected chi connectivity index (χ2v) is 6.51. The number of hydrogen-bond acceptors (Lipinski definition) is 2. The van der Waals surface area contributed by atoms with Gasteiger partial charge in [-0.3, -0.25) is 4.90 Å². The van der Waals surface area contributed by atoms with Gasteiger partial charge >= 0.3 is 0 Å². The Hall–Kier alpha value is -0.860. The van der Waals surface area contributed by atoms with E-state index in [1.165, 1.54) is 37.9 Å². The fourth-order valence-electron chi connectivity index (χ4n) is 3.28. The van der Waals surface area contributed by atoms with Gasteiger partial charge in [0.05, 0.1) is 0 Å². The minimum absolute atomic E-state index is 0.491. The predicted molar refractivity (Wildman–Crippen MR) is 80.2 cm³/mol. The summed E-state index contributed by atoms with van der Waals surface area (Å²) in [6.07, 6.45) is 4.17. The molecule has 1 saturated carbocycles. The SMILES string of the molecule is CC(C)C(NC1CCN(C2CC2)C1)c1ccccc1. The summed E-state index contributed by atoms with van der Waals surface area (Å²) in [5.74, 6) is 0.636. The molecule has 19 heavy (non-hydrogen) atoms. The quantitative estimate of drug-likeness (QED) is 0.872. The van der Waals surface area contributed by atoms with Crippen molar-refractivity contribution in [3.63, 3.8) is 0 Å². The highest BCUT2D eigenvalue weighted by atomic mass is 15.2. The maximum atomic E-state index is 3.90. The summed E-state index contributed by atoms with van der Waals surface area (Å²) < 4.78 is 0. The van der Waals surface area contributed by atoms with Crippen LogP contribution in [0.2, 0.25) is 0 Å². The molecule has 2 fully saturated rings. The van der Waals surface area contributed by atoms with E-state index < -0.39 is 0 Å². The van der Waals surface area contributed by atoms with E-state index in [9.17, 15) is 0 Å². The number of hydrogen-bond donors (Lipinski definition) is 1. The van der Waals surface area contributed by atoms with Crippen LogP contribution in [0.5, 0.6) is 0 Å². The maximum absolute atomic E-state index is 3.90. The lowest BCUT2D eigenvalue weighted by molar-refractivity contribution is 0.302. The molecule has 1 aliphatic carbocycles. The van der Waals surface area contributed by atoms with Crippen LogP contribution < -0.4 is 5.32 Å². The zero-order chi connectivity index (χ0) is 13.2. The molecule has 2 atom stereocenters. The van der Waals surface area contributed by atoms with Gasteiger partial charge in [-0.1, -0.05) is 44.2 Å². The van der Waals surface area contributed by atoms with Crippen LogP contribution >= 0.6 is 0 Å². The Morgan fingerprint density at radius 2 is 1.84 bits per heavy atom. The molecule has 2 unspecified atom stereocenters. The van der Waals surface area contributed by atoms with Crippen molar-refractivity contribution in [1.82, 2.24) is 10.2 Å². The molecule has 1 aromatic carbocycles. The molecule has 1 heterocycles. The summed E-state index contributed by atoms with van der Waals surface area (Å²) in [5, 5.41) is 3.90. The molecule has 0 amide bonds. The third kappa shape index (κ3) is 3.18. The minimum Gasteiger partial charge on any atom is -0.306 e. The van der Waals surface area contributed by atoms with Gasteiger partial charge in [-0.05, 0) is 30.7 Å². The van der Waals surface area contributed by atoms with Crippen molar-refractivity contribution in [3.05, 3.63) is 35.9 Å². The fraction of sp³-hybridized carbons (Fsp3) is 0.647. The first-order valence-electron chi connectivity index (χ1n) is 7.79. The van der Waals surface area contributed by atoms with E-state index >= 15 is 0 Å². The van der Waals surface area contributed by atoms with Crippen molar-refractivity contribution in [1.29, 1.82) is 0 Å². The van der Waals surface area contributed by atoms with E-state index in [1.807, 2.05) is 0 Å². The maximum Gasteiger partial charge on any atom is 0.0346 e. The van der Waals surface area contributed by atoms with Gasteiger partial charge in [0.1, 0.15) is 0 Å². The Balaban J connectivity index is 1.62. The number of nitrogens with one attached hydrogen (secondary N) is 1. The fourth-order valence-corrected chi connectivity index (χ4v) is 3.28. The molecule has 104 valence electrons. The number of likely N-dealkylation sites (tertiary alicyclic amines) is 1. The average molecular weight is 258 g/mol. The van der Waals surface area contributed by atoms with E-state index in [0.29, 0.717) is 18.0 Å². The van der Waals surface area contributed by atoms with E-state index in [-0.39, 0.29) is 0 Å². The van der Waals surface area contributed by atoms with Crippen LogP contribution in [-0.4, -0.2) is 30.1 Å². The summed E-state index contributed by atoms with van der Waals surface area (Å²) in [7, 11) is 0. The van der Waals surface area contributed by atoms with Crippen LogP contribution in [0.3, 0.4) is 0 Å². The molecule has 1 aliphatic heterocycles. The van der Waals surface area contributed by atoms with Gasteiger partial charge in [0.15, 0.2) is 0 Å². The van der Waals surface area contributed by atoms with E-state index in [0.717, 1.165) is 6.04 Å². The Bertz CT molecular complexity index is 397. The topological polar surface area (TPSA) is 15.3 Å². The highest BCUT2D eigenvalue weighted by Gasteiger charge is 2.35. The molecule has 0 bridgehead atoms. The van der Waals surface area contributed by atoms with E-state index in [1.54, 1.807) is 0 Å². The molecule has 2 nitrogen and oxygen atoms in total. The zero-order valence-electron chi connectivity index (χ0n) is 12.2. The number of rotatable bonds is 5. The summed E-state index contributed by atoms with van der Waals surface area (Å²) in [5.41, 5.74) is 1.43. The predicted octanol–water partition coefficient (Wildman–Crippen LogP) is 3.21. The molecule has 3 rings (SSSR count). The first-order valence-corrected chi connectivity index (χ1v) is 7.79. The molecule has 0 spiro atoms. The Labute approximate surface area is 117 Å². The number of benzene rings is 1. The van der Waals surface area contributed by atoms with Gasteiger partial charge in [0.25, 0.3) is 0 Å². The normalized spacial score (nSPS) is 25.9. The highest BCUT2D eigenvalue weighted by molar-refractivity contribution is 5.19. The second kappa shape index (κ2) is 5.64. The monoisotopic (exact) mass is 258 g/mol. The third-order valence-electron chi connectivity index (χ3n) is 4.52. The molecular formula is C17H26N2. The Morgan fingerprint density at radius 1 is 1.11 bits per heavy atom. The second-order valence-electron chi connectivity index (χ2n) is 6.51. The van der Waals surface area contributed by atoms with Crippen LogP contribution in [0.25, 0.3) is 0 Å². The van der Waals surface area contributed by atoms with Crippen molar-refractivity contribution in [2.24, 2.45) is 5.92 Å². The molecule has 1 N–H and O–H groups in total. The van der Waals surface area contributed by atoms with Crippen LogP contribution in [-0.2, 0) is 0 Å². The lowest BCUT2D eigenvalue weighted by Crippen LogP contribution is -2.37. The molecule has 2 aliphatic rings. The van der Waals surface area contributed by atoms with Crippen molar-refractivity contribution in [2.45, 2.75) is 51.2 Å². The zero-order valence-corrected chi connectivity index (χ0v) is 12.2. The summed E-state index contributed by atoms with van der Waals surface area (Å²) in [6.45, 7) is 7.18. The lowest BCUT2D eigenvalue weighted by atomic mass is 9.95. The van der Waals surface area contributed by atoms with E-state index in [4.69, 9.17) is 0 Å². The molecule has 1 saturated heterocycles. The first-order chi connectivity index (χ1) is 9.24. The standard InChI is InChI=1S/C17H26N2/c1-13(2)17(14-6-4-3-5-7-14)18-15-10-11-19(12-15)16-8-9-16/h3-7,13,15-18H,8-12H2,1-2H3. The highest BCUT2D eigenvalue weighted by Crippen LogP contribution is 2.31. The largest absolute Gasteiger partial charge is 0.306 e. The van der Waals surface area contributed by atoms with Gasteiger partial charge in [-0.25, -0.2) is 0 Å². The number of nitrogens with zero attached hydrogens (tertiary/aromatic N) is 1. The third-order valence-corrected chi connectivity index (χ3v) is 4.52. The van der Waals surface area contributed by atoms with Gasteiger partial charge in [-0.2, -0.15) is 0 Å². The lowest BCUT2D eigenvalue weighted by Gasteiger charge is -2.27. The van der Waals surface area contributed by atoms with Crippen LogP contribution in [0.4, 0.5) is 0 Å². The van der Waals surface area contributed by atoms with Crippen molar-refractivity contribution < 1.29 is 0 Å². The molecule has 1 aromatic rings. The van der Waals surface area contributed by atoms with Crippen molar-refractivity contribution >= 4 is 0 Å². The Kier molecular flexibility index (Phi) is 3.90. The molecule has 0 radical (unpaired) electrons. The van der Waals surface area contributed by atoms with Gasteiger partial charge in [-0.15, -0.1) is 0 Å². The Morgan fingerprint density at radius 3 is 2.47 bits per heavy atom. The van der Waals surface area contributed by atoms with Gasteiger partial charge in [0.2, 0.25) is 0 Å². The van der Waals surface area contributed by atoms with Crippen LogP contribution in [0.1, 0.15) is 44.7 Å².